The minimum absolute atomic E-state index is 0.0160. The van der Waals surface area contributed by atoms with Gasteiger partial charge in [0, 0.05) is 6.54 Å². The van der Waals surface area contributed by atoms with Crippen molar-refractivity contribution in [3.8, 4) is 5.75 Å². The topological polar surface area (TPSA) is 69.0 Å². The minimum Gasteiger partial charge on any atom is -0.483 e. The molecule has 0 aliphatic carbocycles. The highest BCUT2D eigenvalue weighted by Gasteiger charge is 2.31. The van der Waals surface area contributed by atoms with Gasteiger partial charge in [0.05, 0.1) is 22.0 Å². The lowest BCUT2D eigenvalue weighted by Crippen LogP contribution is -2.16. The van der Waals surface area contributed by atoms with E-state index in [9.17, 15) is 18.0 Å². The molecule has 0 radical (unpaired) electrons. The number of rotatable bonds is 8. The van der Waals surface area contributed by atoms with Crippen molar-refractivity contribution >= 4 is 35.0 Å². The number of carbonyl (C=O) groups is 1. The molecule has 11 heteroatoms. The zero-order valence-corrected chi connectivity index (χ0v) is 18.8. The third kappa shape index (κ3) is 5.95. The van der Waals surface area contributed by atoms with Gasteiger partial charge in [-0.1, -0.05) is 41.6 Å². The molecule has 6 nitrogen and oxygen atoms in total. The molecule has 0 spiro atoms. The highest BCUT2D eigenvalue weighted by Crippen LogP contribution is 2.34. The summed E-state index contributed by atoms with van der Waals surface area (Å²) in [6.45, 7) is 4.31. The SMILES string of the molecule is CCn1c(SCC(=O)Nc2cc(C(F)(F)F)ccc2Cl)nnc1[C@@H](C)Oc1ccccc1. The number of carbonyl (C=O) groups excluding carboxylic acids is 1. The maximum atomic E-state index is 12.9. The summed E-state index contributed by atoms with van der Waals surface area (Å²) < 4.78 is 46.4. The predicted octanol–water partition coefficient (Wildman–Crippen LogP) is 5.84. The second-order valence-electron chi connectivity index (χ2n) is 6.69. The van der Waals surface area contributed by atoms with E-state index in [0.717, 1.165) is 30.0 Å². The quantitative estimate of drug-likeness (QED) is 0.407. The fourth-order valence-electron chi connectivity index (χ4n) is 2.87. The first-order valence-electron chi connectivity index (χ1n) is 9.63. The van der Waals surface area contributed by atoms with Crippen molar-refractivity contribution in [3.63, 3.8) is 0 Å². The molecular formula is C21H20ClF3N4O2S. The molecule has 1 atom stereocenters. The summed E-state index contributed by atoms with van der Waals surface area (Å²) >= 11 is 7.05. The molecule has 1 heterocycles. The number of para-hydroxylation sites is 1. The van der Waals surface area contributed by atoms with Crippen molar-refractivity contribution in [2.45, 2.75) is 37.8 Å². The summed E-state index contributed by atoms with van der Waals surface area (Å²) in [7, 11) is 0. The Morgan fingerprint density at radius 3 is 2.59 bits per heavy atom. The normalized spacial score (nSPS) is 12.4. The Morgan fingerprint density at radius 1 is 1.22 bits per heavy atom. The zero-order chi connectivity index (χ0) is 23.3. The Bertz CT molecular complexity index is 1080. The summed E-state index contributed by atoms with van der Waals surface area (Å²) in [5, 5.41) is 11.3. The van der Waals surface area contributed by atoms with E-state index in [1.54, 1.807) is 0 Å². The van der Waals surface area contributed by atoms with Gasteiger partial charge < -0.3 is 14.6 Å². The Morgan fingerprint density at radius 2 is 1.94 bits per heavy atom. The molecule has 0 aliphatic heterocycles. The number of amides is 1. The fraction of sp³-hybridized carbons (Fsp3) is 0.286. The predicted molar refractivity (Wildman–Crippen MR) is 117 cm³/mol. The largest absolute Gasteiger partial charge is 0.483 e. The number of benzene rings is 2. The number of thioether (sulfide) groups is 1. The van der Waals surface area contributed by atoms with E-state index in [2.05, 4.69) is 15.5 Å². The Labute approximate surface area is 192 Å². The lowest BCUT2D eigenvalue weighted by Gasteiger charge is -2.15. The summed E-state index contributed by atoms with van der Waals surface area (Å²) in [6.07, 6.45) is -4.91. The average Bonchev–Trinajstić information content (AvgIpc) is 3.17. The molecule has 2 aromatic carbocycles. The highest BCUT2D eigenvalue weighted by atomic mass is 35.5. The van der Waals surface area contributed by atoms with E-state index in [1.165, 1.54) is 0 Å². The van der Waals surface area contributed by atoms with Crippen LogP contribution in [0.2, 0.25) is 5.02 Å². The molecule has 0 saturated heterocycles. The first-order valence-corrected chi connectivity index (χ1v) is 11.0. The third-order valence-electron chi connectivity index (χ3n) is 4.38. The van der Waals surface area contributed by atoms with Gasteiger partial charge in [-0.3, -0.25) is 4.79 Å². The van der Waals surface area contributed by atoms with Crippen molar-refractivity contribution in [1.82, 2.24) is 14.8 Å². The van der Waals surface area contributed by atoms with Gasteiger partial charge in [0.15, 0.2) is 17.1 Å². The van der Waals surface area contributed by atoms with Crippen LogP contribution in [0.4, 0.5) is 18.9 Å². The van der Waals surface area contributed by atoms with Gasteiger partial charge in [-0.15, -0.1) is 10.2 Å². The van der Waals surface area contributed by atoms with Gasteiger partial charge in [0.2, 0.25) is 5.91 Å². The number of aromatic nitrogens is 3. The molecule has 1 N–H and O–H groups in total. The van der Waals surface area contributed by atoms with Crippen molar-refractivity contribution in [1.29, 1.82) is 0 Å². The van der Waals surface area contributed by atoms with Crippen LogP contribution in [0.1, 0.15) is 31.3 Å². The van der Waals surface area contributed by atoms with Crippen LogP contribution in [0.5, 0.6) is 5.75 Å². The molecule has 1 amide bonds. The molecule has 0 unspecified atom stereocenters. The molecular weight excluding hydrogens is 465 g/mol. The smallest absolute Gasteiger partial charge is 0.416 e. The Hall–Kier alpha value is -2.72. The Kier molecular flexibility index (Phi) is 7.68. The van der Waals surface area contributed by atoms with Gasteiger partial charge in [-0.25, -0.2) is 0 Å². The molecule has 32 heavy (non-hydrogen) atoms. The van der Waals surface area contributed by atoms with Gasteiger partial charge >= 0.3 is 6.18 Å². The number of ether oxygens (including phenoxy) is 1. The van der Waals surface area contributed by atoms with E-state index in [1.807, 2.05) is 48.7 Å². The second kappa shape index (κ2) is 10.3. The van der Waals surface area contributed by atoms with Gasteiger partial charge in [-0.2, -0.15) is 13.2 Å². The van der Waals surface area contributed by atoms with Crippen molar-refractivity contribution in [2.24, 2.45) is 0 Å². The Balaban J connectivity index is 1.65. The first kappa shape index (κ1) is 23.9. The second-order valence-corrected chi connectivity index (χ2v) is 8.04. The number of halogens is 4. The summed E-state index contributed by atoms with van der Waals surface area (Å²) in [4.78, 5) is 12.3. The molecule has 0 saturated carbocycles. The maximum Gasteiger partial charge on any atom is 0.416 e. The monoisotopic (exact) mass is 484 g/mol. The van der Waals surface area contributed by atoms with Crippen LogP contribution in [0.3, 0.4) is 0 Å². The molecule has 0 bridgehead atoms. The number of nitrogens with zero attached hydrogens (tertiary/aromatic N) is 3. The molecule has 1 aromatic heterocycles. The van der Waals surface area contributed by atoms with Gasteiger partial charge in [-0.05, 0) is 44.2 Å². The fourth-order valence-corrected chi connectivity index (χ4v) is 3.85. The van der Waals surface area contributed by atoms with E-state index in [4.69, 9.17) is 16.3 Å². The van der Waals surface area contributed by atoms with Crippen LogP contribution in [0, 0.1) is 0 Å². The van der Waals surface area contributed by atoms with Crippen LogP contribution in [-0.2, 0) is 17.5 Å². The molecule has 170 valence electrons. The number of alkyl halides is 3. The van der Waals surface area contributed by atoms with Crippen molar-refractivity contribution in [3.05, 3.63) is 64.9 Å². The van der Waals surface area contributed by atoms with Crippen molar-refractivity contribution in [2.75, 3.05) is 11.1 Å². The van der Waals surface area contributed by atoms with E-state index < -0.39 is 17.6 Å². The van der Waals surface area contributed by atoms with Crippen LogP contribution >= 0.6 is 23.4 Å². The molecule has 0 aliphatic rings. The van der Waals surface area contributed by atoms with E-state index in [0.29, 0.717) is 23.3 Å². The summed E-state index contributed by atoms with van der Waals surface area (Å²) in [5.41, 5.74) is -0.998. The number of nitrogens with one attached hydrogen (secondary N) is 1. The minimum atomic E-state index is -4.54. The number of hydrogen-bond donors (Lipinski definition) is 1. The van der Waals surface area contributed by atoms with E-state index >= 15 is 0 Å². The van der Waals surface area contributed by atoms with Crippen LogP contribution in [0.25, 0.3) is 0 Å². The zero-order valence-electron chi connectivity index (χ0n) is 17.2. The standard InChI is InChI=1S/C21H20ClF3N4O2S/c1-3-29-19(13(2)31-15-7-5-4-6-8-15)27-28-20(29)32-12-18(30)26-17-11-14(21(23,24)25)9-10-16(17)22/h4-11,13H,3,12H2,1-2H3,(H,26,30)/t13-/m1/s1. The van der Waals surface area contributed by atoms with Crippen LogP contribution in [-0.4, -0.2) is 26.4 Å². The summed E-state index contributed by atoms with van der Waals surface area (Å²) in [5.74, 6) is 0.688. The highest BCUT2D eigenvalue weighted by molar-refractivity contribution is 7.99. The van der Waals surface area contributed by atoms with Gasteiger partial charge in [0.25, 0.3) is 0 Å². The number of anilines is 1. The molecule has 3 rings (SSSR count). The molecule has 3 aromatic rings. The first-order chi connectivity index (χ1) is 15.2. The maximum absolute atomic E-state index is 12.9. The third-order valence-corrected chi connectivity index (χ3v) is 5.68. The molecule has 0 fully saturated rings. The summed E-state index contributed by atoms with van der Waals surface area (Å²) in [6, 6.07) is 12.0. The van der Waals surface area contributed by atoms with Crippen LogP contribution < -0.4 is 10.1 Å². The van der Waals surface area contributed by atoms with Gasteiger partial charge in [0.1, 0.15) is 5.75 Å². The lowest BCUT2D eigenvalue weighted by molar-refractivity contribution is -0.137. The van der Waals surface area contributed by atoms with Crippen LogP contribution in [0.15, 0.2) is 53.7 Å². The van der Waals surface area contributed by atoms with Crippen molar-refractivity contribution < 1.29 is 22.7 Å². The lowest BCUT2D eigenvalue weighted by atomic mass is 10.2. The van der Waals surface area contributed by atoms with E-state index in [-0.39, 0.29) is 22.6 Å². The average molecular weight is 485 g/mol. The number of hydrogen-bond acceptors (Lipinski definition) is 5.